The van der Waals surface area contributed by atoms with Crippen molar-refractivity contribution in [2.24, 2.45) is 0 Å². The molecular weight excluding hydrogens is 430 g/mol. The molecule has 5 nitrogen and oxygen atoms in total. The van der Waals surface area contributed by atoms with Crippen LogP contribution in [0.15, 0.2) is 42.5 Å². The summed E-state index contributed by atoms with van der Waals surface area (Å²) in [5.74, 6) is 0.321. The van der Waals surface area contributed by atoms with E-state index in [2.05, 4.69) is 29.7 Å². The van der Waals surface area contributed by atoms with E-state index in [1.54, 1.807) is 11.3 Å². The number of halogens is 1. The van der Waals surface area contributed by atoms with Gasteiger partial charge in [0, 0.05) is 43.7 Å². The Labute approximate surface area is 192 Å². The summed E-state index contributed by atoms with van der Waals surface area (Å²) in [6, 6.07) is 14.7. The van der Waals surface area contributed by atoms with Crippen LogP contribution in [0.5, 0.6) is 5.75 Å². The minimum atomic E-state index is -0.289. The summed E-state index contributed by atoms with van der Waals surface area (Å²) >= 11 is 7.85. The molecule has 0 bridgehead atoms. The molecule has 4 rings (SSSR count). The molecule has 0 spiro atoms. The number of hydrogen-bond donors (Lipinski definition) is 0. The lowest BCUT2D eigenvalue weighted by molar-refractivity contribution is -0.131. The number of nitrogens with zero attached hydrogens (tertiary/aromatic N) is 3. The topological polar surface area (TPSA) is 45.7 Å². The van der Waals surface area contributed by atoms with E-state index in [0.717, 1.165) is 58.4 Å². The van der Waals surface area contributed by atoms with Crippen molar-refractivity contribution in [2.75, 3.05) is 18.0 Å². The predicted molar refractivity (Wildman–Crippen MR) is 128 cm³/mol. The third-order valence-corrected chi connectivity index (χ3v) is 7.05. The van der Waals surface area contributed by atoms with Crippen molar-refractivity contribution in [1.82, 2.24) is 9.88 Å². The van der Waals surface area contributed by atoms with Crippen LogP contribution in [0.2, 0.25) is 5.02 Å². The van der Waals surface area contributed by atoms with E-state index in [-0.39, 0.29) is 5.97 Å². The first-order valence-electron chi connectivity index (χ1n) is 10.7. The van der Waals surface area contributed by atoms with Crippen molar-refractivity contribution < 1.29 is 9.53 Å². The summed E-state index contributed by atoms with van der Waals surface area (Å²) < 4.78 is 6.40. The number of piperidine rings is 1. The monoisotopic (exact) mass is 457 g/mol. The first-order valence-corrected chi connectivity index (χ1v) is 11.9. The zero-order valence-electron chi connectivity index (χ0n) is 18.2. The van der Waals surface area contributed by atoms with Crippen molar-refractivity contribution in [3.63, 3.8) is 0 Å². The molecular formula is C24H28ClN3O2S. The number of thiazole rings is 1. The van der Waals surface area contributed by atoms with E-state index < -0.39 is 0 Å². The molecule has 1 saturated heterocycles. The minimum Gasteiger partial charge on any atom is -0.427 e. The standard InChI is InChI=1S/C24H28ClN3O2S/c1-16(2)28(15-18-5-4-6-21(13-18)30-17(3)29)20-9-11-27(12-10-20)24-26-22-8-7-19(25)14-23(22)31-24/h4-8,13-14,16,20H,9-12,15H2,1-3H3. The minimum absolute atomic E-state index is 0.289. The lowest BCUT2D eigenvalue weighted by Gasteiger charge is -2.40. The van der Waals surface area contributed by atoms with Crippen molar-refractivity contribution in [1.29, 1.82) is 0 Å². The van der Waals surface area contributed by atoms with Gasteiger partial charge in [-0.2, -0.15) is 0 Å². The number of esters is 1. The van der Waals surface area contributed by atoms with Crippen LogP contribution >= 0.6 is 22.9 Å². The Morgan fingerprint density at radius 3 is 2.74 bits per heavy atom. The molecule has 0 unspecified atom stereocenters. The van der Waals surface area contributed by atoms with Crippen LogP contribution in [-0.4, -0.2) is 41.0 Å². The Balaban J connectivity index is 1.42. The third kappa shape index (κ3) is 5.37. The number of hydrogen-bond acceptors (Lipinski definition) is 6. The fourth-order valence-electron chi connectivity index (χ4n) is 4.23. The highest BCUT2D eigenvalue weighted by Crippen LogP contribution is 2.33. The predicted octanol–water partition coefficient (Wildman–Crippen LogP) is 5.75. The Bertz CT molecular complexity index is 1060. The average Bonchev–Trinajstić information content (AvgIpc) is 3.15. The van der Waals surface area contributed by atoms with Crippen molar-refractivity contribution >= 4 is 44.3 Å². The Hall–Kier alpha value is -2.15. The molecule has 0 N–H and O–H groups in total. The summed E-state index contributed by atoms with van der Waals surface area (Å²) in [7, 11) is 0. The molecule has 1 aliphatic heterocycles. The molecule has 1 fully saturated rings. The van der Waals surface area contributed by atoms with Gasteiger partial charge in [-0.15, -0.1) is 0 Å². The molecule has 31 heavy (non-hydrogen) atoms. The van der Waals surface area contributed by atoms with Crippen LogP contribution in [0.3, 0.4) is 0 Å². The SMILES string of the molecule is CC(=O)Oc1cccc(CN(C(C)C)C2CCN(c3nc4ccc(Cl)cc4s3)CC2)c1. The second kappa shape index (κ2) is 9.55. The van der Waals surface area contributed by atoms with Crippen molar-refractivity contribution in [3.05, 3.63) is 53.1 Å². The summed E-state index contributed by atoms with van der Waals surface area (Å²) in [6.07, 6.45) is 2.19. The molecule has 0 radical (unpaired) electrons. The quantitative estimate of drug-likeness (QED) is 0.348. The number of fused-ring (bicyclic) bond motifs is 1. The lowest BCUT2D eigenvalue weighted by Crippen LogP contribution is -2.47. The molecule has 0 aliphatic carbocycles. The number of ether oxygens (including phenoxy) is 1. The highest BCUT2D eigenvalue weighted by molar-refractivity contribution is 7.22. The van der Waals surface area contributed by atoms with Gasteiger partial charge in [0.15, 0.2) is 5.13 Å². The van der Waals surface area contributed by atoms with Crippen LogP contribution in [0.1, 0.15) is 39.2 Å². The van der Waals surface area contributed by atoms with Crippen LogP contribution in [0, 0.1) is 0 Å². The normalized spacial score (nSPS) is 15.2. The Morgan fingerprint density at radius 2 is 2.03 bits per heavy atom. The molecule has 2 heterocycles. The molecule has 2 aromatic carbocycles. The highest BCUT2D eigenvalue weighted by atomic mass is 35.5. The number of carbonyl (C=O) groups is 1. The van der Waals surface area contributed by atoms with Gasteiger partial charge in [0.1, 0.15) is 5.75 Å². The molecule has 0 saturated carbocycles. The van der Waals surface area contributed by atoms with Crippen LogP contribution in [0.25, 0.3) is 10.2 Å². The van der Waals surface area contributed by atoms with Gasteiger partial charge in [0.2, 0.25) is 0 Å². The summed E-state index contributed by atoms with van der Waals surface area (Å²) in [5, 5.41) is 1.84. The maximum absolute atomic E-state index is 11.3. The van der Waals surface area contributed by atoms with Crippen LogP contribution < -0.4 is 9.64 Å². The summed E-state index contributed by atoms with van der Waals surface area (Å²) in [5.41, 5.74) is 2.18. The maximum atomic E-state index is 11.3. The second-order valence-corrected chi connectivity index (χ2v) is 9.78. The molecule has 0 atom stereocenters. The fraction of sp³-hybridized carbons (Fsp3) is 0.417. The van der Waals surface area contributed by atoms with Crippen molar-refractivity contribution in [3.8, 4) is 5.75 Å². The molecule has 1 aromatic heterocycles. The van der Waals surface area contributed by atoms with E-state index in [4.69, 9.17) is 21.3 Å². The molecule has 1 aliphatic rings. The summed E-state index contributed by atoms with van der Waals surface area (Å²) in [4.78, 5) is 21.0. The second-order valence-electron chi connectivity index (χ2n) is 8.33. The van der Waals surface area contributed by atoms with E-state index in [1.807, 2.05) is 36.4 Å². The maximum Gasteiger partial charge on any atom is 0.308 e. The number of carbonyl (C=O) groups excluding carboxylic acids is 1. The number of rotatable bonds is 6. The zero-order chi connectivity index (χ0) is 22.0. The van der Waals surface area contributed by atoms with Gasteiger partial charge < -0.3 is 9.64 Å². The van der Waals surface area contributed by atoms with Gasteiger partial charge in [-0.25, -0.2) is 4.98 Å². The zero-order valence-corrected chi connectivity index (χ0v) is 19.7. The van der Waals surface area contributed by atoms with E-state index >= 15 is 0 Å². The number of aromatic nitrogens is 1. The highest BCUT2D eigenvalue weighted by Gasteiger charge is 2.27. The molecule has 7 heteroatoms. The smallest absolute Gasteiger partial charge is 0.308 e. The number of benzene rings is 2. The molecule has 164 valence electrons. The molecule has 0 amide bonds. The lowest BCUT2D eigenvalue weighted by atomic mass is 10.0. The molecule has 3 aromatic rings. The van der Waals surface area contributed by atoms with E-state index in [9.17, 15) is 4.79 Å². The van der Waals surface area contributed by atoms with Gasteiger partial charge in [0.05, 0.1) is 10.2 Å². The summed E-state index contributed by atoms with van der Waals surface area (Å²) in [6.45, 7) is 8.76. The van der Waals surface area contributed by atoms with Gasteiger partial charge in [-0.1, -0.05) is 35.1 Å². The fourth-order valence-corrected chi connectivity index (χ4v) is 5.52. The Kier molecular flexibility index (Phi) is 6.80. The van der Waals surface area contributed by atoms with Gasteiger partial charge in [0.25, 0.3) is 0 Å². The van der Waals surface area contributed by atoms with E-state index in [0.29, 0.717) is 17.8 Å². The largest absolute Gasteiger partial charge is 0.427 e. The first-order chi connectivity index (χ1) is 14.9. The van der Waals surface area contributed by atoms with Crippen LogP contribution in [-0.2, 0) is 11.3 Å². The number of anilines is 1. The Morgan fingerprint density at radius 1 is 1.26 bits per heavy atom. The van der Waals surface area contributed by atoms with Gasteiger partial charge >= 0.3 is 5.97 Å². The third-order valence-electron chi connectivity index (χ3n) is 5.73. The van der Waals surface area contributed by atoms with Crippen molar-refractivity contribution in [2.45, 2.75) is 52.2 Å². The van der Waals surface area contributed by atoms with Gasteiger partial charge in [-0.3, -0.25) is 9.69 Å². The average molecular weight is 458 g/mol. The van der Waals surface area contributed by atoms with E-state index in [1.165, 1.54) is 6.92 Å². The van der Waals surface area contributed by atoms with Crippen LogP contribution in [0.4, 0.5) is 5.13 Å². The van der Waals surface area contributed by atoms with Gasteiger partial charge in [-0.05, 0) is 62.6 Å². The first kappa shape index (κ1) is 22.1.